The Hall–Kier alpha value is -0.900. The molecule has 144 valence electrons. The number of unbranched alkanes of at least 4 members (excludes halogenated alkanes) is 1. The molecule has 0 fully saturated rings. The van der Waals surface area contributed by atoms with Crippen LogP contribution in [0.4, 0.5) is 0 Å². The van der Waals surface area contributed by atoms with Crippen LogP contribution in [0.1, 0.15) is 101 Å². The van der Waals surface area contributed by atoms with Crippen molar-refractivity contribution in [2.75, 3.05) is 6.54 Å². The summed E-state index contributed by atoms with van der Waals surface area (Å²) in [7, 11) is 0. The van der Waals surface area contributed by atoms with Gasteiger partial charge in [0.2, 0.25) is 5.91 Å². The molecule has 0 aromatic carbocycles. The molecule has 4 nitrogen and oxygen atoms in total. The summed E-state index contributed by atoms with van der Waals surface area (Å²) >= 11 is 0. The highest BCUT2D eigenvalue weighted by molar-refractivity contribution is 5.78. The van der Waals surface area contributed by atoms with E-state index >= 15 is 0 Å². The predicted molar refractivity (Wildman–Crippen MR) is 106 cm³/mol. The summed E-state index contributed by atoms with van der Waals surface area (Å²) in [5.74, 6) is -0.453. The Kier molecular flexibility index (Phi) is 62.7. The number of nitrogens with one attached hydrogen (secondary N) is 1. The van der Waals surface area contributed by atoms with Crippen LogP contribution < -0.4 is 11.1 Å². The minimum atomic E-state index is -0.453. The molecule has 0 saturated heterocycles. The lowest BCUT2D eigenvalue weighted by Gasteiger charge is -2.08. The van der Waals surface area contributed by atoms with Gasteiger partial charge in [0.15, 0.2) is 0 Å². The number of hydrogen-bond acceptors (Lipinski definition) is 3. The van der Waals surface area contributed by atoms with Crippen LogP contribution in [-0.4, -0.2) is 24.8 Å². The van der Waals surface area contributed by atoms with E-state index in [9.17, 15) is 9.59 Å². The molecule has 4 heteroatoms. The van der Waals surface area contributed by atoms with Crippen molar-refractivity contribution < 1.29 is 9.59 Å². The van der Waals surface area contributed by atoms with Gasteiger partial charge in [0.05, 0.1) is 6.04 Å². The SMILES string of the molecule is CC.CCC.CCC.CCCC.CCCN[C@@H](C=O)CC(N)=O. The number of rotatable bonds is 7. The third-order valence-corrected chi connectivity index (χ3v) is 1.74. The van der Waals surface area contributed by atoms with E-state index in [1.807, 2.05) is 20.8 Å². The van der Waals surface area contributed by atoms with E-state index < -0.39 is 11.9 Å². The summed E-state index contributed by atoms with van der Waals surface area (Å²) in [6.07, 6.45) is 6.87. The molecule has 3 N–H and O–H groups in total. The van der Waals surface area contributed by atoms with E-state index in [0.29, 0.717) is 6.29 Å². The number of carbonyl (C=O) groups excluding carboxylic acids is 2. The molecular weight excluding hydrogens is 288 g/mol. The van der Waals surface area contributed by atoms with Crippen molar-refractivity contribution in [2.45, 2.75) is 107 Å². The van der Waals surface area contributed by atoms with Crippen molar-refractivity contribution in [1.82, 2.24) is 5.32 Å². The van der Waals surface area contributed by atoms with E-state index in [-0.39, 0.29) is 6.42 Å². The average molecular weight is 335 g/mol. The molecule has 0 aromatic rings. The minimum Gasteiger partial charge on any atom is -0.370 e. The first-order chi connectivity index (χ1) is 10.9. The van der Waals surface area contributed by atoms with Gasteiger partial charge in [0.25, 0.3) is 0 Å². The molecule has 0 bridgehead atoms. The van der Waals surface area contributed by atoms with E-state index in [4.69, 9.17) is 5.73 Å². The Balaban J connectivity index is -0.0000000743. The molecule has 0 aliphatic heterocycles. The van der Waals surface area contributed by atoms with Crippen molar-refractivity contribution in [3.05, 3.63) is 0 Å². The molecule has 0 spiro atoms. The van der Waals surface area contributed by atoms with E-state index in [1.165, 1.54) is 25.7 Å². The number of hydrogen-bond donors (Lipinski definition) is 2. The first-order valence-corrected chi connectivity index (χ1v) is 9.42. The molecule has 0 rings (SSSR count). The Morgan fingerprint density at radius 1 is 0.913 bits per heavy atom. The monoisotopic (exact) mass is 334 g/mol. The van der Waals surface area contributed by atoms with Crippen LogP contribution in [0.15, 0.2) is 0 Å². The summed E-state index contributed by atoms with van der Waals surface area (Å²) in [6.45, 7) is 19.6. The first kappa shape index (κ1) is 33.6. The first-order valence-electron chi connectivity index (χ1n) is 9.42. The van der Waals surface area contributed by atoms with Crippen LogP contribution in [0.3, 0.4) is 0 Å². The number of carbonyl (C=O) groups is 2. The average Bonchev–Trinajstić information content (AvgIpc) is 2.54. The molecular formula is C19H46N2O2. The minimum absolute atomic E-state index is 0.0868. The zero-order chi connectivity index (χ0) is 19.5. The van der Waals surface area contributed by atoms with Crippen molar-refractivity contribution in [1.29, 1.82) is 0 Å². The molecule has 0 saturated carbocycles. The van der Waals surface area contributed by atoms with Crippen LogP contribution in [0.2, 0.25) is 0 Å². The van der Waals surface area contributed by atoms with Gasteiger partial charge in [0.1, 0.15) is 6.29 Å². The molecule has 1 atom stereocenters. The van der Waals surface area contributed by atoms with Crippen LogP contribution in [0.25, 0.3) is 0 Å². The standard InChI is InChI=1S/C7H14N2O2.C4H10.2C3H8.C2H6/c1-2-3-9-6(5-10)4-7(8)11;1-3-4-2;2*1-3-2;1-2/h5-6,9H,2-4H2,1H3,(H2,8,11);3-4H2,1-2H3;2*3H2,1-2H3;1-2H3/t6-;;;;/m1..../s1. The van der Waals surface area contributed by atoms with Crippen LogP contribution in [-0.2, 0) is 9.59 Å². The maximum Gasteiger partial charge on any atom is 0.219 e. The van der Waals surface area contributed by atoms with Gasteiger partial charge in [-0.2, -0.15) is 0 Å². The Morgan fingerprint density at radius 3 is 1.43 bits per heavy atom. The van der Waals surface area contributed by atoms with E-state index in [2.05, 4.69) is 46.9 Å². The van der Waals surface area contributed by atoms with Crippen LogP contribution in [0, 0.1) is 0 Å². The number of amides is 1. The highest BCUT2D eigenvalue weighted by Crippen LogP contribution is 1.86. The number of aldehydes is 1. The lowest BCUT2D eigenvalue weighted by Crippen LogP contribution is -2.35. The zero-order valence-corrected chi connectivity index (χ0v) is 17.5. The molecule has 1 amide bonds. The maximum atomic E-state index is 10.4. The van der Waals surface area contributed by atoms with Gasteiger partial charge in [-0.3, -0.25) is 4.79 Å². The van der Waals surface area contributed by atoms with Gasteiger partial charge in [-0.25, -0.2) is 0 Å². The Labute approximate surface area is 147 Å². The van der Waals surface area contributed by atoms with Crippen LogP contribution in [0.5, 0.6) is 0 Å². The predicted octanol–water partition coefficient (Wildman–Crippen LogP) is 5.09. The Morgan fingerprint density at radius 2 is 1.26 bits per heavy atom. The van der Waals surface area contributed by atoms with E-state index in [0.717, 1.165) is 13.0 Å². The topological polar surface area (TPSA) is 72.2 Å². The summed E-state index contributed by atoms with van der Waals surface area (Å²) in [6, 6.07) is -0.410. The molecule has 0 radical (unpaired) electrons. The molecule has 0 heterocycles. The third kappa shape index (κ3) is 75.5. The Bertz CT molecular complexity index is 182. The summed E-state index contributed by atoms with van der Waals surface area (Å²) < 4.78 is 0. The highest BCUT2D eigenvalue weighted by Gasteiger charge is 2.08. The summed E-state index contributed by atoms with van der Waals surface area (Å²) in [5.41, 5.74) is 4.90. The van der Waals surface area contributed by atoms with Gasteiger partial charge in [-0.1, -0.05) is 88.0 Å². The van der Waals surface area contributed by atoms with E-state index in [1.54, 1.807) is 0 Å². The fraction of sp³-hybridized carbons (Fsp3) is 0.895. The molecule has 0 unspecified atom stereocenters. The largest absolute Gasteiger partial charge is 0.370 e. The van der Waals surface area contributed by atoms with Gasteiger partial charge in [0, 0.05) is 6.42 Å². The third-order valence-electron chi connectivity index (χ3n) is 1.74. The summed E-state index contributed by atoms with van der Waals surface area (Å²) in [5, 5.41) is 2.88. The second-order valence-corrected chi connectivity index (χ2v) is 4.78. The lowest BCUT2D eigenvalue weighted by atomic mass is 10.2. The van der Waals surface area contributed by atoms with Gasteiger partial charge in [-0.15, -0.1) is 0 Å². The second kappa shape index (κ2) is 42.9. The fourth-order valence-corrected chi connectivity index (χ4v) is 0.715. The number of nitrogens with two attached hydrogens (primary N) is 1. The molecule has 0 aliphatic carbocycles. The van der Waals surface area contributed by atoms with Gasteiger partial charge >= 0.3 is 0 Å². The second-order valence-electron chi connectivity index (χ2n) is 4.78. The van der Waals surface area contributed by atoms with Crippen LogP contribution >= 0.6 is 0 Å². The summed E-state index contributed by atoms with van der Waals surface area (Å²) in [4.78, 5) is 20.6. The van der Waals surface area contributed by atoms with Crippen molar-refractivity contribution in [2.24, 2.45) is 5.73 Å². The lowest BCUT2D eigenvalue weighted by molar-refractivity contribution is -0.120. The zero-order valence-electron chi connectivity index (χ0n) is 17.5. The quantitative estimate of drug-likeness (QED) is 0.637. The fourth-order valence-electron chi connectivity index (χ4n) is 0.715. The molecule has 0 aliphatic rings. The molecule has 0 aromatic heterocycles. The highest BCUT2D eigenvalue weighted by atomic mass is 16.1. The van der Waals surface area contributed by atoms with Crippen molar-refractivity contribution in [3.8, 4) is 0 Å². The smallest absolute Gasteiger partial charge is 0.219 e. The maximum absolute atomic E-state index is 10.4. The normalized spacial score (nSPS) is 9.09. The molecule has 23 heavy (non-hydrogen) atoms. The van der Waals surface area contributed by atoms with Gasteiger partial charge in [-0.05, 0) is 13.0 Å². The van der Waals surface area contributed by atoms with Crippen molar-refractivity contribution in [3.63, 3.8) is 0 Å². The van der Waals surface area contributed by atoms with Gasteiger partial charge < -0.3 is 15.8 Å². The van der Waals surface area contributed by atoms with Crippen molar-refractivity contribution >= 4 is 12.2 Å². The number of primary amides is 1.